The second-order valence-electron chi connectivity index (χ2n) is 7.13. The maximum atomic E-state index is 12.8. The first kappa shape index (κ1) is 15.2. The first-order valence-electron chi connectivity index (χ1n) is 8.77. The van der Waals surface area contributed by atoms with Gasteiger partial charge in [-0.15, -0.1) is 0 Å². The van der Waals surface area contributed by atoms with E-state index in [0.717, 1.165) is 12.8 Å². The van der Waals surface area contributed by atoms with Crippen molar-refractivity contribution in [3.63, 3.8) is 0 Å². The van der Waals surface area contributed by atoms with Crippen LogP contribution in [0.1, 0.15) is 49.4 Å². The standard InChI is InChI=1S/C22H23NO/c1-16(17-8-4-3-5-9-17)23-20-13-12-18-10-6-7-11-19(18)22(20,2)15-14-21(23)24/h3-11,13,16H,12,14-15H2,1-2H3/t16?,22-/m0/s1. The van der Waals surface area contributed by atoms with Crippen LogP contribution < -0.4 is 0 Å². The molecule has 0 bridgehead atoms. The molecule has 1 unspecified atom stereocenters. The lowest BCUT2D eigenvalue weighted by molar-refractivity contribution is -0.134. The Morgan fingerprint density at radius 1 is 1.04 bits per heavy atom. The molecule has 0 saturated carbocycles. The van der Waals surface area contributed by atoms with Gasteiger partial charge in [0.05, 0.1) is 6.04 Å². The number of benzene rings is 2. The molecule has 2 heteroatoms. The first-order chi connectivity index (χ1) is 11.6. The molecule has 1 heterocycles. The van der Waals surface area contributed by atoms with Gasteiger partial charge >= 0.3 is 0 Å². The van der Waals surface area contributed by atoms with Crippen molar-refractivity contribution in [1.29, 1.82) is 0 Å². The number of carbonyl (C=O) groups is 1. The number of hydrogen-bond acceptors (Lipinski definition) is 1. The topological polar surface area (TPSA) is 20.3 Å². The third-order valence-corrected chi connectivity index (χ3v) is 5.73. The predicted molar refractivity (Wildman–Crippen MR) is 96.5 cm³/mol. The van der Waals surface area contributed by atoms with Crippen LogP contribution in [0.2, 0.25) is 0 Å². The summed E-state index contributed by atoms with van der Waals surface area (Å²) < 4.78 is 0. The van der Waals surface area contributed by atoms with Gasteiger partial charge in [-0.2, -0.15) is 0 Å². The molecule has 1 amide bonds. The minimum atomic E-state index is -0.0637. The summed E-state index contributed by atoms with van der Waals surface area (Å²) >= 11 is 0. The van der Waals surface area contributed by atoms with E-state index >= 15 is 0 Å². The molecular formula is C22H23NO. The van der Waals surface area contributed by atoms with Crippen molar-refractivity contribution in [2.45, 2.75) is 44.6 Å². The number of carbonyl (C=O) groups excluding carboxylic acids is 1. The van der Waals surface area contributed by atoms with Crippen LogP contribution in [0.3, 0.4) is 0 Å². The Kier molecular flexibility index (Phi) is 3.56. The van der Waals surface area contributed by atoms with Gasteiger partial charge in [0, 0.05) is 17.5 Å². The Labute approximate surface area is 143 Å². The van der Waals surface area contributed by atoms with E-state index in [1.165, 1.54) is 22.4 Å². The molecule has 1 aliphatic heterocycles. The van der Waals surface area contributed by atoms with Crippen LogP contribution in [-0.2, 0) is 16.6 Å². The summed E-state index contributed by atoms with van der Waals surface area (Å²) in [7, 11) is 0. The summed E-state index contributed by atoms with van der Waals surface area (Å²) in [6, 6.07) is 19.1. The number of allylic oxidation sites excluding steroid dienone is 2. The summed E-state index contributed by atoms with van der Waals surface area (Å²) in [6.45, 7) is 4.44. The van der Waals surface area contributed by atoms with E-state index in [0.29, 0.717) is 6.42 Å². The quantitative estimate of drug-likeness (QED) is 0.781. The van der Waals surface area contributed by atoms with Gasteiger partial charge in [0.1, 0.15) is 0 Å². The molecule has 2 aromatic carbocycles. The molecule has 0 N–H and O–H groups in total. The summed E-state index contributed by atoms with van der Waals surface area (Å²) in [5, 5.41) is 0. The Hall–Kier alpha value is -2.35. The monoisotopic (exact) mass is 317 g/mol. The fourth-order valence-electron chi connectivity index (χ4n) is 4.35. The van der Waals surface area contributed by atoms with E-state index in [1.54, 1.807) is 0 Å². The molecule has 2 atom stereocenters. The molecule has 0 spiro atoms. The third kappa shape index (κ3) is 2.21. The van der Waals surface area contributed by atoms with Gasteiger partial charge in [-0.1, -0.05) is 60.7 Å². The van der Waals surface area contributed by atoms with Gasteiger partial charge in [0.2, 0.25) is 5.91 Å². The molecule has 1 fully saturated rings. The highest BCUT2D eigenvalue weighted by Gasteiger charge is 2.45. The summed E-state index contributed by atoms with van der Waals surface area (Å²) in [6.07, 6.45) is 4.69. The molecule has 2 aliphatic rings. The lowest BCUT2D eigenvalue weighted by Gasteiger charge is -2.48. The van der Waals surface area contributed by atoms with Gasteiger partial charge in [-0.3, -0.25) is 4.79 Å². The molecule has 24 heavy (non-hydrogen) atoms. The molecule has 2 nitrogen and oxygen atoms in total. The Balaban J connectivity index is 1.79. The zero-order valence-electron chi connectivity index (χ0n) is 14.3. The van der Waals surface area contributed by atoms with Gasteiger partial charge in [0.25, 0.3) is 0 Å². The largest absolute Gasteiger partial charge is 0.308 e. The highest BCUT2D eigenvalue weighted by Crippen LogP contribution is 2.48. The van der Waals surface area contributed by atoms with E-state index < -0.39 is 0 Å². The SMILES string of the molecule is CC(c1ccccc1)N1C(=O)CC[C@]2(C)C1=CCc1ccccc12. The normalized spacial score (nSPS) is 24.0. The minimum absolute atomic E-state index is 0.0637. The van der Waals surface area contributed by atoms with Crippen LogP contribution >= 0.6 is 0 Å². The second kappa shape index (κ2) is 5.62. The zero-order valence-corrected chi connectivity index (χ0v) is 14.3. The predicted octanol–water partition coefficient (Wildman–Crippen LogP) is 4.77. The zero-order chi connectivity index (χ0) is 16.7. The fourth-order valence-corrected chi connectivity index (χ4v) is 4.35. The van der Waals surface area contributed by atoms with Crippen molar-refractivity contribution in [2.75, 3.05) is 0 Å². The van der Waals surface area contributed by atoms with Crippen LogP contribution in [0, 0.1) is 0 Å². The molecule has 122 valence electrons. The van der Waals surface area contributed by atoms with Crippen LogP contribution in [0.25, 0.3) is 0 Å². The van der Waals surface area contributed by atoms with Gasteiger partial charge in [0.15, 0.2) is 0 Å². The molecule has 0 aromatic heterocycles. The summed E-state index contributed by atoms with van der Waals surface area (Å²) in [5.41, 5.74) is 5.10. The van der Waals surface area contributed by atoms with E-state index in [9.17, 15) is 4.79 Å². The molecule has 0 radical (unpaired) electrons. The second-order valence-corrected chi connectivity index (χ2v) is 7.13. The molecule has 1 aliphatic carbocycles. The van der Waals surface area contributed by atoms with Crippen LogP contribution in [0.4, 0.5) is 0 Å². The van der Waals surface area contributed by atoms with E-state index in [1.807, 2.05) is 18.2 Å². The maximum absolute atomic E-state index is 12.8. The number of likely N-dealkylation sites (tertiary alicyclic amines) is 1. The number of fused-ring (bicyclic) bond motifs is 3. The lowest BCUT2D eigenvalue weighted by atomic mass is 9.67. The third-order valence-electron chi connectivity index (χ3n) is 5.73. The average Bonchev–Trinajstić information content (AvgIpc) is 2.63. The van der Waals surface area contributed by atoms with Crippen molar-refractivity contribution in [3.8, 4) is 0 Å². The number of piperidine rings is 1. The van der Waals surface area contributed by atoms with Crippen LogP contribution in [0.5, 0.6) is 0 Å². The van der Waals surface area contributed by atoms with Crippen molar-refractivity contribution in [3.05, 3.63) is 83.1 Å². The lowest BCUT2D eigenvalue weighted by Crippen LogP contribution is -2.47. The van der Waals surface area contributed by atoms with Crippen molar-refractivity contribution >= 4 is 5.91 Å². The number of amides is 1. The van der Waals surface area contributed by atoms with Gasteiger partial charge in [-0.05, 0) is 43.4 Å². The fraction of sp³-hybridized carbons (Fsp3) is 0.318. The summed E-state index contributed by atoms with van der Waals surface area (Å²) in [4.78, 5) is 14.9. The van der Waals surface area contributed by atoms with Crippen LogP contribution in [-0.4, -0.2) is 10.8 Å². The van der Waals surface area contributed by atoms with Gasteiger partial charge < -0.3 is 4.90 Å². The molecular weight excluding hydrogens is 294 g/mol. The number of hydrogen-bond donors (Lipinski definition) is 0. The van der Waals surface area contributed by atoms with Crippen molar-refractivity contribution in [2.24, 2.45) is 0 Å². The number of rotatable bonds is 2. The smallest absolute Gasteiger partial charge is 0.227 e. The van der Waals surface area contributed by atoms with Crippen molar-refractivity contribution in [1.82, 2.24) is 4.90 Å². The summed E-state index contributed by atoms with van der Waals surface area (Å²) in [5.74, 6) is 0.245. The Morgan fingerprint density at radius 2 is 1.75 bits per heavy atom. The maximum Gasteiger partial charge on any atom is 0.227 e. The van der Waals surface area contributed by atoms with E-state index in [-0.39, 0.29) is 17.4 Å². The van der Waals surface area contributed by atoms with Crippen molar-refractivity contribution < 1.29 is 4.79 Å². The average molecular weight is 317 g/mol. The highest BCUT2D eigenvalue weighted by molar-refractivity contribution is 5.81. The first-order valence-corrected chi connectivity index (χ1v) is 8.77. The highest BCUT2D eigenvalue weighted by atomic mass is 16.2. The Morgan fingerprint density at radius 3 is 2.54 bits per heavy atom. The van der Waals surface area contributed by atoms with E-state index in [4.69, 9.17) is 0 Å². The molecule has 1 saturated heterocycles. The molecule has 2 aromatic rings. The number of nitrogens with zero attached hydrogens (tertiary/aromatic N) is 1. The Bertz CT molecular complexity index is 808. The van der Waals surface area contributed by atoms with Gasteiger partial charge in [-0.25, -0.2) is 0 Å². The van der Waals surface area contributed by atoms with Crippen LogP contribution in [0.15, 0.2) is 66.4 Å². The van der Waals surface area contributed by atoms with E-state index in [2.05, 4.69) is 61.2 Å². The minimum Gasteiger partial charge on any atom is -0.308 e. The molecule has 4 rings (SSSR count).